The first-order valence-corrected chi connectivity index (χ1v) is 7.72. The summed E-state index contributed by atoms with van der Waals surface area (Å²) in [6.45, 7) is 8.34. The van der Waals surface area contributed by atoms with Crippen LogP contribution < -0.4 is 5.73 Å². The predicted molar refractivity (Wildman–Crippen MR) is 90.1 cm³/mol. The van der Waals surface area contributed by atoms with Crippen molar-refractivity contribution < 1.29 is 0 Å². The maximum Gasteiger partial charge on any atom is 0.0499 e. The molecule has 0 radical (unpaired) electrons. The van der Waals surface area contributed by atoms with E-state index in [1.807, 2.05) is 0 Å². The number of hydrogen-bond donors (Lipinski definition) is 1. The number of aryl methyl sites for hydroxylation is 1. The molecule has 0 fully saturated rings. The highest BCUT2D eigenvalue weighted by molar-refractivity contribution is 5.26. The van der Waals surface area contributed by atoms with Gasteiger partial charge in [0, 0.05) is 18.6 Å². The van der Waals surface area contributed by atoms with Crippen molar-refractivity contribution in [3.63, 3.8) is 0 Å². The van der Waals surface area contributed by atoms with Crippen molar-refractivity contribution in [2.24, 2.45) is 5.73 Å². The Balaban J connectivity index is 2.26. The van der Waals surface area contributed by atoms with E-state index in [9.17, 15) is 0 Å². The summed E-state index contributed by atoms with van der Waals surface area (Å²) in [7, 11) is 0. The zero-order chi connectivity index (χ0) is 15.2. The molecular weight excluding hydrogens is 256 g/mol. The van der Waals surface area contributed by atoms with Gasteiger partial charge in [-0.15, -0.1) is 0 Å². The van der Waals surface area contributed by atoms with Crippen LogP contribution in [0.15, 0.2) is 54.6 Å². The summed E-state index contributed by atoms with van der Waals surface area (Å²) in [6.07, 6.45) is 0. The Labute approximate surface area is 128 Å². The number of rotatable bonds is 6. The molecule has 2 heteroatoms. The summed E-state index contributed by atoms with van der Waals surface area (Å²) in [5.74, 6) is 0. The highest BCUT2D eigenvalue weighted by atomic mass is 15.2. The van der Waals surface area contributed by atoms with E-state index in [2.05, 4.69) is 80.3 Å². The summed E-state index contributed by atoms with van der Waals surface area (Å²) < 4.78 is 0. The van der Waals surface area contributed by atoms with Crippen LogP contribution in [-0.4, -0.2) is 17.5 Å². The molecule has 21 heavy (non-hydrogen) atoms. The van der Waals surface area contributed by atoms with Crippen molar-refractivity contribution in [2.45, 2.75) is 39.4 Å². The molecule has 2 unspecified atom stereocenters. The van der Waals surface area contributed by atoms with Gasteiger partial charge >= 0.3 is 0 Å². The lowest BCUT2D eigenvalue weighted by atomic mass is 9.97. The van der Waals surface area contributed by atoms with Gasteiger partial charge in [0.05, 0.1) is 0 Å². The Morgan fingerprint density at radius 1 is 1.05 bits per heavy atom. The predicted octanol–water partition coefficient (Wildman–Crippen LogP) is 3.91. The Kier molecular flexibility index (Phi) is 5.54. The van der Waals surface area contributed by atoms with Crippen LogP contribution in [0.2, 0.25) is 0 Å². The molecule has 0 saturated heterocycles. The average Bonchev–Trinajstić information content (AvgIpc) is 2.47. The van der Waals surface area contributed by atoms with Crippen LogP contribution in [-0.2, 0) is 6.54 Å². The molecule has 2 N–H and O–H groups in total. The van der Waals surface area contributed by atoms with E-state index in [1.165, 1.54) is 16.7 Å². The molecule has 0 saturated carbocycles. The molecule has 2 rings (SSSR count). The Morgan fingerprint density at radius 2 is 1.76 bits per heavy atom. The number of nitrogens with two attached hydrogens (primary N) is 1. The van der Waals surface area contributed by atoms with Crippen LogP contribution in [0.25, 0.3) is 0 Å². The molecule has 0 heterocycles. The maximum atomic E-state index is 6.31. The molecule has 0 spiro atoms. The van der Waals surface area contributed by atoms with Crippen molar-refractivity contribution in [1.29, 1.82) is 0 Å². The normalized spacial score (nSPS) is 14.1. The molecule has 2 aromatic rings. The molecule has 112 valence electrons. The van der Waals surface area contributed by atoms with Crippen LogP contribution in [0, 0.1) is 6.92 Å². The fourth-order valence-electron chi connectivity index (χ4n) is 2.93. The van der Waals surface area contributed by atoms with Crippen LogP contribution in [0.5, 0.6) is 0 Å². The van der Waals surface area contributed by atoms with Crippen molar-refractivity contribution in [1.82, 2.24) is 4.90 Å². The van der Waals surface area contributed by atoms with Crippen LogP contribution in [0.3, 0.4) is 0 Å². The summed E-state index contributed by atoms with van der Waals surface area (Å²) in [6, 6.07) is 19.6. The van der Waals surface area contributed by atoms with Crippen molar-refractivity contribution in [3.8, 4) is 0 Å². The van der Waals surface area contributed by atoms with Gasteiger partial charge < -0.3 is 5.73 Å². The average molecular weight is 282 g/mol. The summed E-state index contributed by atoms with van der Waals surface area (Å²) in [4.78, 5) is 2.45. The first-order valence-electron chi connectivity index (χ1n) is 7.72. The highest BCUT2D eigenvalue weighted by Crippen LogP contribution is 2.26. The third kappa shape index (κ3) is 4.16. The van der Waals surface area contributed by atoms with E-state index in [0.29, 0.717) is 0 Å². The van der Waals surface area contributed by atoms with Crippen LogP contribution >= 0.6 is 0 Å². The van der Waals surface area contributed by atoms with Crippen molar-refractivity contribution in [3.05, 3.63) is 71.3 Å². The smallest absolute Gasteiger partial charge is 0.0499 e. The lowest BCUT2D eigenvalue weighted by Gasteiger charge is -2.34. The van der Waals surface area contributed by atoms with Gasteiger partial charge in [-0.1, -0.05) is 67.1 Å². The molecule has 0 bridgehead atoms. The van der Waals surface area contributed by atoms with Gasteiger partial charge in [-0.2, -0.15) is 0 Å². The monoisotopic (exact) mass is 282 g/mol. The zero-order valence-electron chi connectivity index (χ0n) is 13.3. The van der Waals surface area contributed by atoms with Gasteiger partial charge in [-0.25, -0.2) is 0 Å². The molecule has 2 nitrogen and oxygen atoms in total. The summed E-state index contributed by atoms with van der Waals surface area (Å²) >= 11 is 0. The number of hydrogen-bond acceptors (Lipinski definition) is 2. The minimum Gasteiger partial charge on any atom is -0.326 e. The second kappa shape index (κ2) is 7.39. The first-order chi connectivity index (χ1) is 10.1. The standard InChI is InChI=1S/C19H26N2/c1-4-21(14-17-10-6-5-7-11-17)19(16(3)20)18-12-8-9-15(2)13-18/h5-13,16,19H,4,14,20H2,1-3H3. The van der Waals surface area contributed by atoms with E-state index in [1.54, 1.807) is 0 Å². The van der Waals surface area contributed by atoms with Gasteiger partial charge in [-0.05, 0) is 31.5 Å². The van der Waals surface area contributed by atoms with E-state index in [-0.39, 0.29) is 12.1 Å². The van der Waals surface area contributed by atoms with E-state index >= 15 is 0 Å². The largest absolute Gasteiger partial charge is 0.326 e. The van der Waals surface area contributed by atoms with E-state index in [0.717, 1.165) is 13.1 Å². The molecule has 2 atom stereocenters. The summed E-state index contributed by atoms with van der Waals surface area (Å²) in [5, 5.41) is 0. The SMILES string of the molecule is CCN(Cc1ccccc1)C(c1cccc(C)c1)C(C)N. The van der Waals surface area contributed by atoms with Gasteiger partial charge in [-0.3, -0.25) is 4.90 Å². The molecule has 2 aromatic carbocycles. The maximum absolute atomic E-state index is 6.31. The second-order valence-corrected chi connectivity index (χ2v) is 5.77. The minimum atomic E-state index is 0.0930. The van der Waals surface area contributed by atoms with E-state index in [4.69, 9.17) is 5.73 Å². The Morgan fingerprint density at radius 3 is 2.33 bits per heavy atom. The molecule has 0 aliphatic carbocycles. The molecule has 0 aromatic heterocycles. The first kappa shape index (κ1) is 15.7. The van der Waals surface area contributed by atoms with Gasteiger partial charge in [0.15, 0.2) is 0 Å². The van der Waals surface area contributed by atoms with Gasteiger partial charge in [0.2, 0.25) is 0 Å². The fourth-order valence-corrected chi connectivity index (χ4v) is 2.93. The Hall–Kier alpha value is -1.64. The van der Waals surface area contributed by atoms with Gasteiger partial charge in [0.25, 0.3) is 0 Å². The van der Waals surface area contributed by atoms with Crippen LogP contribution in [0.1, 0.15) is 36.6 Å². The van der Waals surface area contributed by atoms with Crippen molar-refractivity contribution in [2.75, 3.05) is 6.54 Å². The van der Waals surface area contributed by atoms with Crippen LogP contribution in [0.4, 0.5) is 0 Å². The van der Waals surface area contributed by atoms with E-state index < -0.39 is 0 Å². The van der Waals surface area contributed by atoms with Crippen molar-refractivity contribution >= 4 is 0 Å². The number of benzene rings is 2. The molecule has 0 aliphatic rings. The zero-order valence-corrected chi connectivity index (χ0v) is 13.3. The topological polar surface area (TPSA) is 29.3 Å². The fraction of sp³-hybridized carbons (Fsp3) is 0.368. The second-order valence-electron chi connectivity index (χ2n) is 5.77. The molecule has 0 aliphatic heterocycles. The third-order valence-electron chi connectivity index (χ3n) is 3.91. The number of nitrogens with zero attached hydrogens (tertiary/aromatic N) is 1. The lowest BCUT2D eigenvalue weighted by molar-refractivity contribution is 0.177. The van der Waals surface area contributed by atoms with Gasteiger partial charge in [0.1, 0.15) is 0 Å². The third-order valence-corrected chi connectivity index (χ3v) is 3.91. The number of likely N-dealkylation sites (N-methyl/N-ethyl adjacent to an activating group) is 1. The molecular formula is C19H26N2. The Bertz CT molecular complexity index is 549. The summed E-state index contributed by atoms with van der Waals surface area (Å²) in [5.41, 5.74) is 10.2. The minimum absolute atomic E-state index is 0.0930. The highest BCUT2D eigenvalue weighted by Gasteiger charge is 2.23. The molecule has 0 amide bonds. The lowest BCUT2D eigenvalue weighted by Crippen LogP contribution is -2.39. The quantitative estimate of drug-likeness (QED) is 0.870.